The van der Waals surface area contributed by atoms with Gasteiger partial charge in [0.1, 0.15) is 0 Å². The van der Waals surface area contributed by atoms with Crippen LogP contribution in [0.2, 0.25) is 0 Å². The normalized spacial score (nSPS) is 14.2. The molecule has 0 unspecified atom stereocenters. The van der Waals surface area contributed by atoms with Crippen molar-refractivity contribution in [2.45, 2.75) is 46.7 Å². The zero-order valence-electron chi connectivity index (χ0n) is 15.0. The smallest absolute Gasteiger partial charge is 0.266 e. The van der Waals surface area contributed by atoms with Gasteiger partial charge in [0.25, 0.3) is 11.5 Å². The predicted octanol–water partition coefficient (Wildman–Crippen LogP) is 1.98. The Morgan fingerprint density at radius 3 is 2.58 bits per heavy atom. The molecular formula is C18H24N4O2. The molecule has 0 saturated carbocycles. The molecule has 0 aliphatic carbocycles. The highest BCUT2D eigenvalue weighted by Gasteiger charge is 2.26. The highest BCUT2D eigenvalue weighted by molar-refractivity contribution is 5.95. The zero-order valence-corrected chi connectivity index (χ0v) is 15.0. The molecule has 0 spiro atoms. The van der Waals surface area contributed by atoms with Crippen LogP contribution in [0.3, 0.4) is 0 Å². The summed E-state index contributed by atoms with van der Waals surface area (Å²) in [6, 6.07) is 3.88. The average Bonchev–Trinajstić information content (AvgIpc) is 2.82. The molecule has 3 rings (SSSR count). The fraction of sp³-hybridized carbons (Fsp3) is 0.500. The third kappa shape index (κ3) is 2.66. The van der Waals surface area contributed by atoms with E-state index in [1.165, 1.54) is 4.68 Å². The molecule has 1 aliphatic rings. The molecule has 128 valence electrons. The molecule has 6 nitrogen and oxygen atoms in total. The average molecular weight is 328 g/mol. The van der Waals surface area contributed by atoms with Crippen LogP contribution >= 0.6 is 0 Å². The molecule has 0 atom stereocenters. The number of aryl methyl sites for hydroxylation is 2. The minimum atomic E-state index is -0.138. The van der Waals surface area contributed by atoms with E-state index in [2.05, 4.69) is 23.5 Å². The number of hydrogen-bond donors (Lipinski definition) is 0. The highest BCUT2D eigenvalue weighted by atomic mass is 16.2. The molecule has 0 N–H and O–H groups in total. The number of fused-ring (bicyclic) bond motifs is 1. The second-order valence-corrected chi connectivity index (χ2v) is 6.80. The minimum absolute atomic E-state index is 0.0290. The van der Waals surface area contributed by atoms with Crippen LogP contribution in [0.5, 0.6) is 0 Å². The second kappa shape index (κ2) is 5.92. The molecule has 2 aromatic heterocycles. The van der Waals surface area contributed by atoms with E-state index >= 15 is 0 Å². The van der Waals surface area contributed by atoms with E-state index in [1.54, 1.807) is 13.1 Å². The second-order valence-electron chi connectivity index (χ2n) is 6.80. The maximum atomic E-state index is 13.0. The molecule has 0 bridgehead atoms. The molecule has 1 amide bonds. The largest absolute Gasteiger partial charge is 0.346 e. The number of rotatable bonds is 2. The Labute approximate surface area is 141 Å². The summed E-state index contributed by atoms with van der Waals surface area (Å²) in [6.07, 6.45) is 0.679. The number of hydrogen-bond acceptors (Lipinski definition) is 3. The van der Waals surface area contributed by atoms with Crippen molar-refractivity contribution >= 4 is 5.91 Å². The SMILES string of the molecule is Cc1cc(C(=O)N2CCc3nn(C)c(=O)cc3C2)c(C)n1C(C)C. The van der Waals surface area contributed by atoms with Crippen molar-refractivity contribution in [3.63, 3.8) is 0 Å². The Morgan fingerprint density at radius 2 is 1.96 bits per heavy atom. The summed E-state index contributed by atoms with van der Waals surface area (Å²) < 4.78 is 3.54. The van der Waals surface area contributed by atoms with Crippen LogP contribution in [0.4, 0.5) is 0 Å². The predicted molar refractivity (Wildman–Crippen MR) is 92.2 cm³/mol. The van der Waals surface area contributed by atoms with Crippen LogP contribution in [0, 0.1) is 13.8 Å². The van der Waals surface area contributed by atoms with Crippen LogP contribution in [0.15, 0.2) is 16.9 Å². The number of carbonyl (C=O) groups excluding carboxylic acids is 1. The number of aromatic nitrogens is 3. The summed E-state index contributed by atoms with van der Waals surface area (Å²) in [5.41, 5.74) is 4.48. The number of carbonyl (C=O) groups is 1. The summed E-state index contributed by atoms with van der Waals surface area (Å²) in [6.45, 7) is 9.34. The van der Waals surface area contributed by atoms with E-state index in [0.717, 1.165) is 28.2 Å². The van der Waals surface area contributed by atoms with Crippen molar-refractivity contribution in [1.82, 2.24) is 19.2 Å². The van der Waals surface area contributed by atoms with Gasteiger partial charge in [0.15, 0.2) is 0 Å². The third-order valence-electron chi connectivity index (χ3n) is 4.76. The topological polar surface area (TPSA) is 60.1 Å². The lowest BCUT2D eigenvalue weighted by atomic mass is 10.1. The monoisotopic (exact) mass is 328 g/mol. The van der Waals surface area contributed by atoms with Gasteiger partial charge in [-0.1, -0.05) is 0 Å². The Kier molecular flexibility index (Phi) is 4.07. The molecular weight excluding hydrogens is 304 g/mol. The van der Waals surface area contributed by atoms with Gasteiger partial charge < -0.3 is 9.47 Å². The van der Waals surface area contributed by atoms with Gasteiger partial charge in [-0.15, -0.1) is 0 Å². The van der Waals surface area contributed by atoms with Crippen molar-refractivity contribution < 1.29 is 4.79 Å². The summed E-state index contributed by atoms with van der Waals surface area (Å²) >= 11 is 0. The highest BCUT2D eigenvalue weighted by Crippen LogP contribution is 2.24. The quantitative estimate of drug-likeness (QED) is 0.847. The first-order valence-electron chi connectivity index (χ1n) is 8.33. The van der Waals surface area contributed by atoms with E-state index in [4.69, 9.17) is 0 Å². The lowest BCUT2D eigenvalue weighted by Crippen LogP contribution is -2.38. The van der Waals surface area contributed by atoms with Crippen LogP contribution in [0.1, 0.15) is 52.9 Å². The Hall–Kier alpha value is -2.37. The molecule has 0 saturated heterocycles. The van der Waals surface area contributed by atoms with E-state index in [-0.39, 0.29) is 11.5 Å². The van der Waals surface area contributed by atoms with Gasteiger partial charge in [-0.3, -0.25) is 9.59 Å². The van der Waals surface area contributed by atoms with Gasteiger partial charge in [-0.25, -0.2) is 4.68 Å². The van der Waals surface area contributed by atoms with Crippen molar-refractivity contribution in [1.29, 1.82) is 0 Å². The summed E-state index contributed by atoms with van der Waals surface area (Å²) in [7, 11) is 1.65. The lowest BCUT2D eigenvalue weighted by Gasteiger charge is -2.28. The van der Waals surface area contributed by atoms with Gasteiger partial charge in [-0.2, -0.15) is 5.10 Å². The third-order valence-corrected chi connectivity index (χ3v) is 4.76. The molecule has 2 aromatic rings. The van der Waals surface area contributed by atoms with Gasteiger partial charge in [-0.05, 0) is 33.8 Å². The fourth-order valence-electron chi connectivity index (χ4n) is 3.63. The summed E-state index contributed by atoms with van der Waals surface area (Å²) in [4.78, 5) is 26.6. The molecule has 0 radical (unpaired) electrons. The number of nitrogens with zero attached hydrogens (tertiary/aromatic N) is 4. The first kappa shape index (κ1) is 16.5. The first-order chi connectivity index (χ1) is 11.3. The minimum Gasteiger partial charge on any atom is -0.346 e. The van der Waals surface area contributed by atoms with E-state index in [0.29, 0.717) is 25.6 Å². The molecule has 0 fully saturated rings. The Bertz CT molecular complexity index is 861. The number of amides is 1. The molecule has 1 aliphatic heterocycles. The van der Waals surface area contributed by atoms with Crippen LogP contribution < -0.4 is 5.56 Å². The van der Waals surface area contributed by atoms with Crippen molar-refractivity contribution in [3.8, 4) is 0 Å². The molecule has 6 heteroatoms. The fourth-order valence-corrected chi connectivity index (χ4v) is 3.63. The van der Waals surface area contributed by atoms with Gasteiger partial charge >= 0.3 is 0 Å². The van der Waals surface area contributed by atoms with Crippen LogP contribution in [-0.2, 0) is 20.0 Å². The molecule has 3 heterocycles. The van der Waals surface area contributed by atoms with Crippen molar-refractivity contribution in [2.24, 2.45) is 7.05 Å². The summed E-state index contributed by atoms with van der Waals surface area (Å²) in [5.74, 6) is 0.0290. The van der Waals surface area contributed by atoms with E-state index in [9.17, 15) is 9.59 Å². The maximum absolute atomic E-state index is 13.0. The Balaban J connectivity index is 1.91. The maximum Gasteiger partial charge on any atom is 0.266 e. The standard InChI is InChI=1S/C18H24N4O2/c1-11(2)22-12(3)8-15(13(22)4)18(24)21-7-6-16-14(10-21)9-17(23)20(5)19-16/h8-9,11H,6-7,10H2,1-5H3. The van der Waals surface area contributed by atoms with Gasteiger partial charge in [0.05, 0.1) is 11.3 Å². The van der Waals surface area contributed by atoms with E-state index < -0.39 is 0 Å². The Morgan fingerprint density at radius 1 is 1.25 bits per heavy atom. The van der Waals surface area contributed by atoms with E-state index in [1.807, 2.05) is 24.8 Å². The van der Waals surface area contributed by atoms with Gasteiger partial charge in [0, 0.05) is 55.6 Å². The first-order valence-corrected chi connectivity index (χ1v) is 8.33. The van der Waals surface area contributed by atoms with Crippen molar-refractivity contribution in [2.75, 3.05) is 6.54 Å². The van der Waals surface area contributed by atoms with Crippen molar-refractivity contribution in [3.05, 3.63) is 50.7 Å². The zero-order chi connectivity index (χ0) is 17.6. The van der Waals surface area contributed by atoms with Crippen LogP contribution in [0.25, 0.3) is 0 Å². The van der Waals surface area contributed by atoms with Gasteiger partial charge in [0.2, 0.25) is 0 Å². The lowest BCUT2D eigenvalue weighted by molar-refractivity contribution is 0.0732. The molecule has 0 aromatic carbocycles. The molecule has 24 heavy (non-hydrogen) atoms. The summed E-state index contributed by atoms with van der Waals surface area (Å²) in [5, 5.41) is 4.30. The van der Waals surface area contributed by atoms with Crippen LogP contribution in [-0.4, -0.2) is 31.7 Å².